The lowest BCUT2D eigenvalue weighted by Gasteiger charge is -2.36. The monoisotopic (exact) mass is 256 g/mol. The van der Waals surface area contributed by atoms with E-state index in [1.54, 1.807) is 11.3 Å². The maximum Gasteiger partial charge on any atom is 0.0934 e. The smallest absolute Gasteiger partial charge is 0.0934 e. The van der Waals surface area contributed by atoms with Crippen LogP contribution in [0.15, 0.2) is 17.5 Å². The average Bonchev–Trinajstić information content (AvgIpc) is 2.86. The Morgan fingerprint density at radius 2 is 2.06 bits per heavy atom. The number of hydrogen-bond acceptors (Lipinski definition) is 3. The highest BCUT2D eigenvalue weighted by Gasteiger charge is 2.34. The van der Waals surface area contributed by atoms with Crippen LogP contribution in [0.25, 0.3) is 0 Å². The van der Waals surface area contributed by atoms with E-state index in [1.165, 1.54) is 4.88 Å². The fraction of sp³-hybridized carbons (Fsp3) is 0.714. The van der Waals surface area contributed by atoms with Crippen molar-refractivity contribution in [2.24, 2.45) is 0 Å². The molecule has 1 atom stereocenters. The molecule has 0 saturated carbocycles. The minimum absolute atomic E-state index is 0.355. The zero-order valence-electron chi connectivity index (χ0n) is 11.1. The highest BCUT2D eigenvalue weighted by Crippen LogP contribution is 2.28. The van der Waals surface area contributed by atoms with Gasteiger partial charge in [-0.1, -0.05) is 19.9 Å². The molecule has 1 N–H and O–H groups in total. The first-order chi connectivity index (χ1) is 8.18. The van der Waals surface area contributed by atoms with Crippen LogP contribution < -0.4 is 0 Å². The van der Waals surface area contributed by atoms with Gasteiger partial charge < -0.3 is 9.84 Å². The van der Waals surface area contributed by atoms with E-state index < -0.39 is 0 Å². The molecule has 0 radical (unpaired) electrons. The first-order valence-corrected chi connectivity index (χ1v) is 7.40. The van der Waals surface area contributed by atoms with Crippen molar-refractivity contribution in [1.82, 2.24) is 0 Å². The molecule has 0 aliphatic carbocycles. The van der Waals surface area contributed by atoms with E-state index in [0.717, 1.165) is 25.7 Å². The third kappa shape index (κ3) is 3.80. The molecule has 1 unspecified atom stereocenters. The summed E-state index contributed by atoms with van der Waals surface area (Å²) in [5, 5.41) is 12.4. The number of ether oxygens (including phenoxy) is 1. The lowest BCUT2D eigenvalue weighted by atomic mass is 9.87. The Balaban J connectivity index is 2.55. The second-order valence-corrected chi connectivity index (χ2v) is 5.37. The lowest BCUT2D eigenvalue weighted by molar-refractivity contribution is -0.127. The molecule has 1 aromatic rings. The van der Waals surface area contributed by atoms with E-state index in [0.29, 0.717) is 6.61 Å². The largest absolute Gasteiger partial charge is 0.390 e. The van der Waals surface area contributed by atoms with Crippen molar-refractivity contribution in [3.8, 4) is 0 Å². The molecule has 0 bridgehead atoms. The minimum Gasteiger partial charge on any atom is -0.390 e. The van der Waals surface area contributed by atoms with Gasteiger partial charge in [-0.25, -0.2) is 0 Å². The molecule has 1 rings (SSSR count). The SMILES string of the molecule is CCOC(CC)(CC)C(O)CCc1cccs1. The quantitative estimate of drug-likeness (QED) is 0.769. The molecule has 2 nitrogen and oxygen atoms in total. The number of hydrogen-bond donors (Lipinski definition) is 1. The number of thiophene rings is 1. The van der Waals surface area contributed by atoms with Crippen molar-refractivity contribution in [3.05, 3.63) is 22.4 Å². The minimum atomic E-state index is -0.375. The molecule has 0 fully saturated rings. The van der Waals surface area contributed by atoms with Crippen LogP contribution in [0.4, 0.5) is 0 Å². The molecule has 0 aromatic carbocycles. The molecular formula is C14H24O2S. The van der Waals surface area contributed by atoms with Crippen LogP contribution in [-0.2, 0) is 11.2 Å². The molecular weight excluding hydrogens is 232 g/mol. The molecule has 1 aromatic heterocycles. The van der Waals surface area contributed by atoms with Crippen LogP contribution in [0.5, 0.6) is 0 Å². The van der Waals surface area contributed by atoms with Crippen molar-refractivity contribution in [1.29, 1.82) is 0 Å². The van der Waals surface area contributed by atoms with Gasteiger partial charge in [0.15, 0.2) is 0 Å². The van der Waals surface area contributed by atoms with Crippen molar-refractivity contribution in [3.63, 3.8) is 0 Å². The standard InChI is InChI=1S/C14H24O2S/c1-4-14(5-2,16-6-3)13(15)10-9-12-8-7-11-17-12/h7-8,11,13,15H,4-6,9-10H2,1-3H3. The third-order valence-corrected chi connectivity index (χ3v) is 4.42. The fourth-order valence-corrected chi connectivity index (χ4v) is 3.03. The normalized spacial score (nSPS) is 13.9. The molecule has 3 heteroatoms. The van der Waals surface area contributed by atoms with Gasteiger partial charge in [0, 0.05) is 11.5 Å². The number of rotatable bonds is 8. The maximum absolute atomic E-state index is 10.4. The van der Waals surface area contributed by atoms with Gasteiger partial charge in [-0.3, -0.25) is 0 Å². The van der Waals surface area contributed by atoms with Crippen molar-refractivity contribution in [2.45, 2.75) is 58.2 Å². The van der Waals surface area contributed by atoms with E-state index in [9.17, 15) is 5.11 Å². The number of aliphatic hydroxyl groups is 1. The van der Waals surface area contributed by atoms with Gasteiger partial charge in [0.25, 0.3) is 0 Å². The Morgan fingerprint density at radius 1 is 1.35 bits per heavy atom. The summed E-state index contributed by atoms with van der Waals surface area (Å²) in [4.78, 5) is 1.33. The van der Waals surface area contributed by atoms with Crippen molar-refractivity contribution in [2.75, 3.05) is 6.61 Å². The van der Waals surface area contributed by atoms with E-state index in [1.807, 2.05) is 6.92 Å². The van der Waals surface area contributed by atoms with Crippen LogP contribution in [0.2, 0.25) is 0 Å². The molecule has 0 aliphatic rings. The number of aryl methyl sites for hydroxylation is 1. The van der Waals surface area contributed by atoms with Crippen LogP contribution in [0, 0.1) is 0 Å². The van der Waals surface area contributed by atoms with Crippen LogP contribution in [0.1, 0.15) is 44.9 Å². The zero-order chi connectivity index (χ0) is 12.7. The summed E-state index contributed by atoms with van der Waals surface area (Å²) in [6.07, 6.45) is 3.07. The predicted octanol–water partition coefficient (Wildman–Crippen LogP) is 3.64. The second-order valence-electron chi connectivity index (χ2n) is 4.34. The topological polar surface area (TPSA) is 29.5 Å². The summed E-state index contributed by atoms with van der Waals surface area (Å²) in [5.74, 6) is 0. The average molecular weight is 256 g/mol. The Morgan fingerprint density at radius 3 is 2.53 bits per heavy atom. The van der Waals surface area contributed by atoms with Gasteiger partial charge in [-0.05, 0) is 44.1 Å². The maximum atomic E-state index is 10.4. The zero-order valence-corrected chi connectivity index (χ0v) is 11.9. The van der Waals surface area contributed by atoms with E-state index in [-0.39, 0.29) is 11.7 Å². The Hall–Kier alpha value is -0.380. The van der Waals surface area contributed by atoms with Crippen LogP contribution in [-0.4, -0.2) is 23.4 Å². The van der Waals surface area contributed by atoms with Gasteiger partial charge in [0.2, 0.25) is 0 Å². The molecule has 1 heterocycles. The summed E-state index contributed by atoms with van der Waals surface area (Å²) in [6.45, 7) is 6.84. The van der Waals surface area contributed by atoms with Gasteiger partial charge in [0.05, 0.1) is 11.7 Å². The highest BCUT2D eigenvalue weighted by atomic mass is 32.1. The van der Waals surface area contributed by atoms with Gasteiger partial charge in [-0.15, -0.1) is 11.3 Å². The summed E-state index contributed by atoms with van der Waals surface area (Å²) >= 11 is 1.75. The Labute approximate surface area is 109 Å². The Kier molecular flexibility index (Phi) is 6.17. The van der Waals surface area contributed by atoms with E-state index in [4.69, 9.17) is 4.74 Å². The first-order valence-electron chi connectivity index (χ1n) is 6.53. The first kappa shape index (κ1) is 14.7. The summed E-state index contributed by atoms with van der Waals surface area (Å²) in [6, 6.07) is 4.18. The summed E-state index contributed by atoms with van der Waals surface area (Å²) in [7, 11) is 0. The molecule has 0 aliphatic heterocycles. The predicted molar refractivity (Wildman–Crippen MR) is 73.6 cm³/mol. The molecule has 17 heavy (non-hydrogen) atoms. The summed E-state index contributed by atoms with van der Waals surface area (Å²) in [5.41, 5.74) is -0.355. The van der Waals surface area contributed by atoms with Gasteiger partial charge in [0.1, 0.15) is 0 Å². The molecule has 0 spiro atoms. The van der Waals surface area contributed by atoms with Gasteiger partial charge >= 0.3 is 0 Å². The molecule has 98 valence electrons. The van der Waals surface area contributed by atoms with Gasteiger partial charge in [-0.2, -0.15) is 0 Å². The second kappa shape index (κ2) is 7.14. The molecule has 0 saturated heterocycles. The Bertz CT molecular complexity index is 291. The van der Waals surface area contributed by atoms with E-state index in [2.05, 4.69) is 31.4 Å². The number of aliphatic hydroxyl groups excluding tert-OH is 1. The summed E-state index contributed by atoms with van der Waals surface area (Å²) < 4.78 is 5.81. The van der Waals surface area contributed by atoms with Crippen molar-refractivity contribution >= 4 is 11.3 Å². The lowest BCUT2D eigenvalue weighted by Crippen LogP contribution is -2.44. The third-order valence-electron chi connectivity index (χ3n) is 3.48. The van der Waals surface area contributed by atoms with Crippen LogP contribution in [0.3, 0.4) is 0 Å². The fourth-order valence-electron chi connectivity index (χ4n) is 2.31. The van der Waals surface area contributed by atoms with Crippen LogP contribution >= 0.6 is 11.3 Å². The van der Waals surface area contributed by atoms with Crippen molar-refractivity contribution < 1.29 is 9.84 Å². The molecule has 0 amide bonds. The van der Waals surface area contributed by atoms with E-state index >= 15 is 0 Å². The highest BCUT2D eigenvalue weighted by molar-refractivity contribution is 7.09.